The summed E-state index contributed by atoms with van der Waals surface area (Å²) in [4.78, 5) is 14.1. The number of hydrogen-bond acceptors (Lipinski definition) is 2. The number of amides is 1. The van der Waals surface area contributed by atoms with Gasteiger partial charge in [0.2, 0.25) is 5.91 Å². The zero-order chi connectivity index (χ0) is 11.4. The predicted molar refractivity (Wildman–Crippen MR) is 65.0 cm³/mol. The average molecular weight is 224 g/mol. The van der Waals surface area contributed by atoms with Crippen LogP contribution in [-0.2, 0) is 4.79 Å². The lowest BCUT2D eigenvalue weighted by molar-refractivity contribution is -0.133. The molecule has 92 valence electrons. The molecule has 2 atom stereocenters. The normalized spacial score (nSPS) is 31.4. The highest BCUT2D eigenvalue weighted by Crippen LogP contribution is 2.26. The smallest absolute Gasteiger partial charge is 0.222 e. The molecule has 1 aliphatic heterocycles. The number of rotatable bonds is 2. The largest absolute Gasteiger partial charge is 0.343 e. The van der Waals surface area contributed by atoms with Crippen LogP contribution < -0.4 is 5.73 Å². The zero-order valence-electron chi connectivity index (χ0n) is 10.2. The molecule has 2 aliphatic rings. The van der Waals surface area contributed by atoms with Crippen molar-refractivity contribution >= 4 is 5.91 Å². The standard InChI is InChI=1S/C13H24N2O/c14-12-7-3-2-6-11(12)10-13(16)15-8-4-1-5-9-15/h11-12H,1-10,14H2. The third kappa shape index (κ3) is 2.97. The highest BCUT2D eigenvalue weighted by Gasteiger charge is 2.26. The predicted octanol–water partition coefficient (Wildman–Crippen LogP) is 1.91. The Morgan fingerprint density at radius 3 is 2.44 bits per heavy atom. The summed E-state index contributed by atoms with van der Waals surface area (Å²) in [6, 6.07) is 0.266. The summed E-state index contributed by atoms with van der Waals surface area (Å²) in [6.07, 6.45) is 9.11. The molecule has 2 fully saturated rings. The minimum absolute atomic E-state index is 0.266. The fraction of sp³-hybridized carbons (Fsp3) is 0.923. The van der Waals surface area contributed by atoms with Crippen LogP contribution in [0.5, 0.6) is 0 Å². The lowest BCUT2D eigenvalue weighted by Crippen LogP contribution is -2.40. The maximum absolute atomic E-state index is 12.1. The molecular formula is C13H24N2O. The molecule has 2 N–H and O–H groups in total. The Morgan fingerprint density at radius 1 is 1.06 bits per heavy atom. The molecule has 1 saturated carbocycles. The Morgan fingerprint density at radius 2 is 1.75 bits per heavy atom. The van der Waals surface area contributed by atoms with Crippen LogP contribution in [0.4, 0.5) is 0 Å². The van der Waals surface area contributed by atoms with Gasteiger partial charge in [0.15, 0.2) is 0 Å². The van der Waals surface area contributed by atoms with Crippen LogP contribution in [0.15, 0.2) is 0 Å². The molecule has 0 aromatic rings. The highest BCUT2D eigenvalue weighted by atomic mass is 16.2. The van der Waals surface area contributed by atoms with E-state index in [2.05, 4.69) is 0 Å². The van der Waals surface area contributed by atoms with Crippen molar-refractivity contribution in [2.45, 2.75) is 57.4 Å². The molecule has 0 radical (unpaired) electrons. The minimum Gasteiger partial charge on any atom is -0.343 e. The number of piperidine rings is 1. The van der Waals surface area contributed by atoms with Gasteiger partial charge in [-0.2, -0.15) is 0 Å². The summed E-state index contributed by atoms with van der Waals surface area (Å²) in [6.45, 7) is 1.95. The van der Waals surface area contributed by atoms with Gasteiger partial charge in [0.1, 0.15) is 0 Å². The molecule has 0 spiro atoms. The van der Waals surface area contributed by atoms with E-state index in [1.165, 1.54) is 32.1 Å². The molecule has 1 heterocycles. The third-order valence-electron chi connectivity index (χ3n) is 4.11. The van der Waals surface area contributed by atoms with Gasteiger partial charge in [0, 0.05) is 25.6 Å². The maximum Gasteiger partial charge on any atom is 0.222 e. The fourth-order valence-corrected chi connectivity index (χ4v) is 2.99. The molecule has 16 heavy (non-hydrogen) atoms. The van der Waals surface area contributed by atoms with Crippen LogP contribution >= 0.6 is 0 Å². The molecule has 0 aromatic heterocycles. The second kappa shape index (κ2) is 5.67. The van der Waals surface area contributed by atoms with Crippen LogP contribution in [-0.4, -0.2) is 29.9 Å². The van der Waals surface area contributed by atoms with Crippen molar-refractivity contribution in [3.8, 4) is 0 Å². The molecule has 0 bridgehead atoms. The van der Waals surface area contributed by atoms with Crippen molar-refractivity contribution in [1.82, 2.24) is 4.90 Å². The molecule has 1 aliphatic carbocycles. The summed E-state index contributed by atoms with van der Waals surface area (Å²) in [7, 11) is 0. The van der Waals surface area contributed by atoms with Gasteiger partial charge in [-0.05, 0) is 38.0 Å². The molecule has 3 nitrogen and oxygen atoms in total. The number of hydrogen-bond donors (Lipinski definition) is 1. The molecule has 2 unspecified atom stereocenters. The van der Waals surface area contributed by atoms with Crippen LogP contribution in [0.1, 0.15) is 51.4 Å². The van der Waals surface area contributed by atoms with E-state index in [0.717, 1.165) is 25.9 Å². The first-order chi connectivity index (χ1) is 7.77. The SMILES string of the molecule is NC1CCCCC1CC(=O)N1CCCCC1. The van der Waals surface area contributed by atoms with Crippen LogP contribution in [0.3, 0.4) is 0 Å². The van der Waals surface area contributed by atoms with Crippen molar-refractivity contribution in [3.63, 3.8) is 0 Å². The summed E-state index contributed by atoms with van der Waals surface area (Å²) in [5, 5.41) is 0. The van der Waals surface area contributed by atoms with Gasteiger partial charge in [-0.1, -0.05) is 12.8 Å². The molecule has 1 saturated heterocycles. The number of nitrogens with zero attached hydrogens (tertiary/aromatic N) is 1. The lowest BCUT2D eigenvalue weighted by atomic mass is 9.82. The van der Waals surface area contributed by atoms with E-state index in [-0.39, 0.29) is 6.04 Å². The quantitative estimate of drug-likeness (QED) is 0.778. The topological polar surface area (TPSA) is 46.3 Å². The van der Waals surface area contributed by atoms with Crippen molar-refractivity contribution in [3.05, 3.63) is 0 Å². The summed E-state index contributed by atoms with van der Waals surface area (Å²) in [5.74, 6) is 0.797. The van der Waals surface area contributed by atoms with E-state index in [1.54, 1.807) is 0 Å². The first-order valence-corrected chi connectivity index (χ1v) is 6.81. The number of carbonyl (C=O) groups is 1. The van der Waals surface area contributed by atoms with Crippen molar-refractivity contribution in [2.24, 2.45) is 11.7 Å². The van der Waals surface area contributed by atoms with Gasteiger partial charge in [0.05, 0.1) is 0 Å². The van der Waals surface area contributed by atoms with Gasteiger partial charge in [-0.25, -0.2) is 0 Å². The Labute approximate surface area is 98.4 Å². The first-order valence-electron chi connectivity index (χ1n) is 6.81. The molecule has 2 rings (SSSR count). The van der Waals surface area contributed by atoms with Crippen LogP contribution in [0.25, 0.3) is 0 Å². The Balaban J connectivity index is 1.80. The van der Waals surface area contributed by atoms with Crippen molar-refractivity contribution < 1.29 is 4.79 Å². The van der Waals surface area contributed by atoms with E-state index in [1.807, 2.05) is 4.90 Å². The lowest BCUT2D eigenvalue weighted by Gasteiger charge is -2.32. The molecule has 1 amide bonds. The van der Waals surface area contributed by atoms with E-state index in [4.69, 9.17) is 5.73 Å². The summed E-state index contributed by atoms with van der Waals surface area (Å²) < 4.78 is 0. The van der Waals surface area contributed by atoms with Crippen molar-refractivity contribution in [2.75, 3.05) is 13.1 Å². The van der Waals surface area contributed by atoms with E-state index in [0.29, 0.717) is 18.2 Å². The van der Waals surface area contributed by atoms with E-state index in [9.17, 15) is 4.79 Å². The summed E-state index contributed by atoms with van der Waals surface area (Å²) in [5.41, 5.74) is 6.09. The number of likely N-dealkylation sites (tertiary alicyclic amines) is 1. The minimum atomic E-state index is 0.266. The van der Waals surface area contributed by atoms with Gasteiger partial charge in [-0.15, -0.1) is 0 Å². The third-order valence-corrected chi connectivity index (χ3v) is 4.11. The average Bonchev–Trinajstić information content (AvgIpc) is 2.33. The Kier molecular flexibility index (Phi) is 4.22. The van der Waals surface area contributed by atoms with Crippen LogP contribution in [0, 0.1) is 5.92 Å². The van der Waals surface area contributed by atoms with Gasteiger partial charge < -0.3 is 10.6 Å². The molecule has 0 aromatic carbocycles. The van der Waals surface area contributed by atoms with Gasteiger partial charge in [0.25, 0.3) is 0 Å². The first kappa shape index (κ1) is 11.9. The maximum atomic E-state index is 12.1. The number of carbonyl (C=O) groups excluding carboxylic acids is 1. The van der Waals surface area contributed by atoms with Crippen molar-refractivity contribution in [1.29, 1.82) is 0 Å². The van der Waals surface area contributed by atoms with Crippen LogP contribution in [0.2, 0.25) is 0 Å². The van der Waals surface area contributed by atoms with Gasteiger partial charge in [-0.3, -0.25) is 4.79 Å². The highest BCUT2D eigenvalue weighted by molar-refractivity contribution is 5.76. The Hall–Kier alpha value is -0.570. The fourth-order valence-electron chi connectivity index (χ4n) is 2.99. The second-order valence-corrected chi connectivity index (χ2v) is 5.35. The van der Waals surface area contributed by atoms with E-state index < -0.39 is 0 Å². The van der Waals surface area contributed by atoms with Gasteiger partial charge >= 0.3 is 0 Å². The number of nitrogens with two attached hydrogens (primary N) is 1. The second-order valence-electron chi connectivity index (χ2n) is 5.35. The Bertz CT molecular complexity index is 236. The summed E-state index contributed by atoms with van der Waals surface area (Å²) >= 11 is 0. The van der Waals surface area contributed by atoms with E-state index >= 15 is 0 Å². The molecular weight excluding hydrogens is 200 g/mol. The zero-order valence-corrected chi connectivity index (χ0v) is 10.2. The monoisotopic (exact) mass is 224 g/mol. The molecule has 3 heteroatoms.